The van der Waals surface area contributed by atoms with Crippen molar-refractivity contribution >= 4 is 26.0 Å². The van der Waals surface area contributed by atoms with Crippen molar-refractivity contribution in [3.05, 3.63) is 57.2 Å². The molecule has 1 aromatic carbocycles. The van der Waals surface area contributed by atoms with Gasteiger partial charge in [-0.25, -0.2) is 18.1 Å². The standard InChI is InChI=1S/C15H16BrN3O3S/c16-12-3-5-13(6-4-12)23(21,22)18-7-8-19-10-17-14(9-15(19)20)11-1-2-11/h3-6,9-11,18H,1-2,7-8H2. The van der Waals surface area contributed by atoms with Crippen LogP contribution in [0.1, 0.15) is 24.5 Å². The van der Waals surface area contributed by atoms with E-state index >= 15 is 0 Å². The summed E-state index contributed by atoms with van der Waals surface area (Å²) in [5, 5.41) is 0. The van der Waals surface area contributed by atoms with Gasteiger partial charge >= 0.3 is 0 Å². The van der Waals surface area contributed by atoms with Gasteiger partial charge in [0.2, 0.25) is 10.0 Å². The molecule has 0 aliphatic heterocycles. The van der Waals surface area contributed by atoms with Crippen LogP contribution in [0.5, 0.6) is 0 Å². The van der Waals surface area contributed by atoms with Crippen LogP contribution in [0.3, 0.4) is 0 Å². The largest absolute Gasteiger partial charge is 0.298 e. The lowest BCUT2D eigenvalue weighted by molar-refractivity contribution is 0.568. The molecular formula is C15H16BrN3O3S. The average Bonchev–Trinajstić information content (AvgIpc) is 3.34. The van der Waals surface area contributed by atoms with E-state index in [1.165, 1.54) is 23.0 Å². The first-order valence-electron chi connectivity index (χ1n) is 7.27. The lowest BCUT2D eigenvalue weighted by Gasteiger charge is -2.09. The van der Waals surface area contributed by atoms with Gasteiger partial charge in [0.1, 0.15) is 0 Å². The number of sulfonamides is 1. The molecule has 0 unspecified atom stereocenters. The van der Waals surface area contributed by atoms with Crippen LogP contribution in [0.2, 0.25) is 0 Å². The van der Waals surface area contributed by atoms with Gasteiger partial charge in [0, 0.05) is 29.5 Å². The number of rotatable bonds is 6. The highest BCUT2D eigenvalue weighted by molar-refractivity contribution is 9.10. The highest BCUT2D eigenvalue weighted by Gasteiger charge is 2.25. The third-order valence-corrected chi connectivity index (χ3v) is 5.67. The highest BCUT2D eigenvalue weighted by atomic mass is 79.9. The molecule has 0 radical (unpaired) electrons. The summed E-state index contributed by atoms with van der Waals surface area (Å²) in [6.45, 7) is 0.370. The Labute approximate surface area is 142 Å². The van der Waals surface area contributed by atoms with Gasteiger partial charge in [-0.2, -0.15) is 0 Å². The van der Waals surface area contributed by atoms with Gasteiger partial charge in [0.15, 0.2) is 0 Å². The van der Waals surface area contributed by atoms with E-state index in [-0.39, 0.29) is 23.5 Å². The van der Waals surface area contributed by atoms with Crippen molar-refractivity contribution in [3.8, 4) is 0 Å². The van der Waals surface area contributed by atoms with Crippen LogP contribution in [0.15, 0.2) is 50.8 Å². The fourth-order valence-corrected chi connectivity index (χ4v) is 3.49. The topological polar surface area (TPSA) is 81.1 Å². The fourth-order valence-electron chi connectivity index (χ4n) is 2.21. The quantitative estimate of drug-likeness (QED) is 0.806. The van der Waals surface area contributed by atoms with Crippen molar-refractivity contribution in [1.82, 2.24) is 14.3 Å². The Morgan fingerprint density at radius 1 is 1.26 bits per heavy atom. The lowest BCUT2D eigenvalue weighted by Crippen LogP contribution is -2.31. The molecule has 1 N–H and O–H groups in total. The van der Waals surface area contributed by atoms with E-state index in [1.54, 1.807) is 18.2 Å². The molecule has 2 aromatic rings. The normalized spacial score (nSPS) is 14.8. The summed E-state index contributed by atoms with van der Waals surface area (Å²) in [6.07, 6.45) is 3.66. The maximum Gasteiger partial charge on any atom is 0.253 e. The number of halogens is 1. The van der Waals surface area contributed by atoms with Gasteiger partial charge < -0.3 is 0 Å². The van der Waals surface area contributed by atoms with Crippen molar-refractivity contribution in [1.29, 1.82) is 0 Å². The molecule has 1 saturated carbocycles. The number of hydrogen-bond donors (Lipinski definition) is 1. The van der Waals surface area contributed by atoms with Crippen LogP contribution in [0, 0.1) is 0 Å². The van der Waals surface area contributed by atoms with Crippen LogP contribution in [-0.4, -0.2) is 24.5 Å². The lowest BCUT2D eigenvalue weighted by atomic mass is 10.3. The van der Waals surface area contributed by atoms with E-state index in [4.69, 9.17) is 0 Å². The number of nitrogens with one attached hydrogen (secondary N) is 1. The van der Waals surface area contributed by atoms with Crippen LogP contribution < -0.4 is 10.3 Å². The Balaban J connectivity index is 1.62. The minimum absolute atomic E-state index is 0.128. The number of aromatic nitrogens is 2. The van der Waals surface area contributed by atoms with E-state index < -0.39 is 10.0 Å². The van der Waals surface area contributed by atoms with Crippen LogP contribution in [0.25, 0.3) is 0 Å². The van der Waals surface area contributed by atoms with Crippen molar-refractivity contribution in [3.63, 3.8) is 0 Å². The van der Waals surface area contributed by atoms with Crippen LogP contribution >= 0.6 is 15.9 Å². The number of hydrogen-bond acceptors (Lipinski definition) is 4. The smallest absolute Gasteiger partial charge is 0.253 e. The summed E-state index contributed by atoms with van der Waals surface area (Å²) in [5.74, 6) is 0.424. The molecule has 6 nitrogen and oxygen atoms in total. The molecule has 1 aliphatic carbocycles. The van der Waals surface area contributed by atoms with E-state index in [1.807, 2.05) is 0 Å². The molecule has 3 rings (SSSR count). The highest BCUT2D eigenvalue weighted by Crippen LogP contribution is 2.38. The molecule has 0 spiro atoms. The molecule has 122 valence electrons. The van der Waals surface area contributed by atoms with Gasteiger partial charge in [-0.3, -0.25) is 9.36 Å². The zero-order chi connectivity index (χ0) is 16.4. The predicted octanol–water partition coefficient (Wildman–Crippen LogP) is 1.86. The SMILES string of the molecule is O=c1cc(C2CC2)ncn1CCNS(=O)(=O)c1ccc(Br)cc1. The molecule has 1 fully saturated rings. The van der Waals surface area contributed by atoms with E-state index in [0.717, 1.165) is 23.0 Å². The second-order valence-corrected chi connectivity index (χ2v) is 8.15. The van der Waals surface area contributed by atoms with Gasteiger partial charge in [0.05, 0.1) is 16.9 Å². The van der Waals surface area contributed by atoms with Crippen molar-refractivity contribution in [2.45, 2.75) is 30.2 Å². The third-order valence-electron chi connectivity index (χ3n) is 3.66. The Morgan fingerprint density at radius 3 is 2.57 bits per heavy atom. The molecule has 1 aromatic heterocycles. The Hall–Kier alpha value is -1.51. The summed E-state index contributed by atoms with van der Waals surface area (Å²) in [7, 11) is -3.58. The molecule has 1 heterocycles. The molecule has 0 atom stereocenters. The van der Waals surface area contributed by atoms with Crippen LogP contribution in [-0.2, 0) is 16.6 Å². The third kappa shape index (κ3) is 4.07. The van der Waals surface area contributed by atoms with E-state index in [2.05, 4.69) is 25.6 Å². The molecule has 0 saturated heterocycles. The molecule has 8 heteroatoms. The number of nitrogens with zero attached hydrogens (tertiary/aromatic N) is 2. The van der Waals surface area contributed by atoms with Gasteiger partial charge in [0.25, 0.3) is 5.56 Å². The monoisotopic (exact) mass is 397 g/mol. The molecule has 23 heavy (non-hydrogen) atoms. The van der Waals surface area contributed by atoms with E-state index in [9.17, 15) is 13.2 Å². The van der Waals surface area contributed by atoms with Gasteiger partial charge in [-0.05, 0) is 37.1 Å². The maximum atomic E-state index is 12.1. The Bertz CT molecular complexity index is 858. The van der Waals surface area contributed by atoms with Crippen LogP contribution in [0.4, 0.5) is 0 Å². The van der Waals surface area contributed by atoms with Crippen molar-refractivity contribution < 1.29 is 8.42 Å². The zero-order valence-electron chi connectivity index (χ0n) is 12.3. The minimum atomic E-state index is -3.58. The summed E-state index contributed by atoms with van der Waals surface area (Å²) < 4.78 is 29.0. The second-order valence-electron chi connectivity index (χ2n) is 5.47. The first kappa shape index (κ1) is 16.4. The van der Waals surface area contributed by atoms with Crippen molar-refractivity contribution in [2.24, 2.45) is 0 Å². The zero-order valence-corrected chi connectivity index (χ0v) is 14.7. The fraction of sp³-hybridized carbons (Fsp3) is 0.333. The molecular weight excluding hydrogens is 382 g/mol. The molecule has 1 aliphatic rings. The Morgan fingerprint density at radius 2 is 1.96 bits per heavy atom. The summed E-state index contributed by atoms with van der Waals surface area (Å²) in [5.41, 5.74) is 0.687. The first-order valence-corrected chi connectivity index (χ1v) is 9.55. The Kier molecular flexibility index (Phi) is 4.65. The summed E-state index contributed by atoms with van der Waals surface area (Å²) in [6, 6.07) is 7.91. The number of benzene rings is 1. The van der Waals surface area contributed by atoms with E-state index in [0.29, 0.717) is 5.92 Å². The average molecular weight is 398 g/mol. The second kappa shape index (κ2) is 6.54. The van der Waals surface area contributed by atoms with Crippen molar-refractivity contribution in [2.75, 3.05) is 6.54 Å². The van der Waals surface area contributed by atoms with Gasteiger partial charge in [-0.15, -0.1) is 0 Å². The first-order chi connectivity index (χ1) is 11.0. The summed E-state index contributed by atoms with van der Waals surface area (Å²) >= 11 is 3.26. The predicted molar refractivity (Wildman–Crippen MR) is 89.8 cm³/mol. The summed E-state index contributed by atoms with van der Waals surface area (Å²) in [4.78, 5) is 16.4. The van der Waals surface area contributed by atoms with Gasteiger partial charge in [-0.1, -0.05) is 15.9 Å². The molecule has 0 bridgehead atoms. The maximum absolute atomic E-state index is 12.1. The molecule has 0 amide bonds. The minimum Gasteiger partial charge on any atom is -0.298 e.